The lowest BCUT2D eigenvalue weighted by atomic mass is 9.97. The van der Waals surface area contributed by atoms with Crippen LogP contribution in [-0.4, -0.2) is 82.6 Å². The van der Waals surface area contributed by atoms with Crippen LogP contribution in [0.15, 0.2) is 0 Å². The van der Waals surface area contributed by atoms with E-state index in [2.05, 4.69) is 0 Å². The van der Waals surface area contributed by atoms with E-state index in [4.69, 9.17) is 4.74 Å². The average molecular weight is 316 g/mol. The third-order valence-corrected chi connectivity index (χ3v) is 5.37. The zero-order valence-corrected chi connectivity index (χ0v) is 12.2. The van der Waals surface area contributed by atoms with Crippen molar-refractivity contribution < 1.29 is 28.1 Å². The van der Waals surface area contributed by atoms with E-state index in [0.717, 1.165) is 0 Å². The maximum absolute atomic E-state index is 12.6. The standard InChI is InChI=1S/C11H19F3N2O3S/c1-15(2)10-16(3)5-4-6(17)7(19-9(5)20-10)8(18)11(12,13)14/h5-10,17-18H,4H2,1-3H3/t5-,6+,7+,8-,9-,10?/m1/s1. The Bertz CT molecular complexity index is 358. The quantitative estimate of drug-likeness (QED) is 0.763. The molecule has 118 valence electrons. The first-order valence-electron chi connectivity index (χ1n) is 6.25. The molecule has 1 unspecified atom stereocenters. The zero-order chi connectivity index (χ0) is 15.2. The van der Waals surface area contributed by atoms with Crippen molar-refractivity contribution in [2.45, 2.75) is 47.9 Å². The van der Waals surface area contributed by atoms with Crippen LogP contribution in [0, 0.1) is 0 Å². The van der Waals surface area contributed by atoms with Crippen LogP contribution in [0.25, 0.3) is 0 Å². The van der Waals surface area contributed by atoms with Gasteiger partial charge in [-0.15, -0.1) is 0 Å². The van der Waals surface area contributed by atoms with Gasteiger partial charge in [0.25, 0.3) is 0 Å². The van der Waals surface area contributed by atoms with E-state index in [1.165, 1.54) is 11.8 Å². The minimum Gasteiger partial charge on any atom is -0.390 e. The van der Waals surface area contributed by atoms with Gasteiger partial charge in [-0.2, -0.15) is 13.2 Å². The molecular weight excluding hydrogens is 297 g/mol. The van der Waals surface area contributed by atoms with Gasteiger partial charge in [-0.1, -0.05) is 11.8 Å². The highest BCUT2D eigenvalue weighted by Gasteiger charge is 2.54. The summed E-state index contributed by atoms with van der Waals surface area (Å²) in [5.41, 5.74) is -0.517. The molecule has 2 N–H and O–H groups in total. The number of aliphatic hydroxyl groups is 2. The Kier molecular flexibility index (Phi) is 4.58. The predicted molar refractivity (Wildman–Crippen MR) is 68.0 cm³/mol. The van der Waals surface area contributed by atoms with E-state index >= 15 is 0 Å². The highest BCUT2D eigenvalue weighted by molar-refractivity contribution is 8.00. The van der Waals surface area contributed by atoms with Crippen LogP contribution in [-0.2, 0) is 4.74 Å². The van der Waals surface area contributed by atoms with Gasteiger partial charge in [0.05, 0.1) is 6.10 Å². The number of likely N-dealkylation sites (N-methyl/N-ethyl adjacent to an activating group) is 1. The molecule has 5 nitrogen and oxygen atoms in total. The van der Waals surface area contributed by atoms with Crippen molar-refractivity contribution in [3.8, 4) is 0 Å². The smallest absolute Gasteiger partial charge is 0.390 e. The number of hydrogen-bond donors (Lipinski definition) is 2. The molecule has 2 fully saturated rings. The van der Waals surface area contributed by atoms with Crippen LogP contribution in [0.5, 0.6) is 0 Å². The van der Waals surface area contributed by atoms with E-state index in [-0.39, 0.29) is 18.0 Å². The van der Waals surface area contributed by atoms with Crippen molar-refractivity contribution in [3.63, 3.8) is 0 Å². The first kappa shape index (κ1) is 16.3. The minimum atomic E-state index is -4.80. The topological polar surface area (TPSA) is 56.2 Å². The van der Waals surface area contributed by atoms with Gasteiger partial charge < -0.3 is 14.9 Å². The summed E-state index contributed by atoms with van der Waals surface area (Å²) in [6, 6.07) is -0.168. The fourth-order valence-corrected chi connectivity index (χ4v) is 4.16. The number of aliphatic hydroxyl groups excluding tert-OH is 2. The van der Waals surface area contributed by atoms with E-state index < -0.39 is 29.9 Å². The van der Waals surface area contributed by atoms with Crippen molar-refractivity contribution >= 4 is 11.8 Å². The van der Waals surface area contributed by atoms with Crippen molar-refractivity contribution in [2.75, 3.05) is 21.1 Å². The van der Waals surface area contributed by atoms with Gasteiger partial charge in [-0.3, -0.25) is 9.80 Å². The molecule has 0 spiro atoms. The minimum absolute atomic E-state index is 0.0287. The van der Waals surface area contributed by atoms with Gasteiger partial charge in [-0.25, -0.2) is 0 Å². The highest BCUT2D eigenvalue weighted by atomic mass is 32.2. The van der Waals surface area contributed by atoms with Crippen molar-refractivity contribution in [1.82, 2.24) is 9.80 Å². The lowest BCUT2D eigenvalue weighted by Gasteiger charge is -2.39. The summed E-state index contributed by atoms with van der Waals surface area (Å²) >= 11 is 1.38. The number of rotatable bonds is 2. The average Bonchev–Trinajstić information content (AvgIpc) is 2.64. The van der Waals surface area contributed by atoms with Gasteiger partial charge in [0.2, 0.25) is 0 Å². The molecule has 2 heterocycles. The second-order valence-corrected chi connectivity index (χ2v) is 6.58. The molecule has 2 saturated heterocycles. The Balaban J connectivity index is 2.10. The molecule has 0 aromatic rings. The molecule has 0 saturated carbocycles. The molecular formula is C11H19F3N2O3S. The fourth-order valence-electron chi connectivity index (χ4n) is 2.65. The maximum atomic E-state index is 12.6. The summed E-state index contributed by atoms with van der Waals surface area (Å²) in [7, 11) is 5.58. The molecule has 0 aromatic heterocycles. The monoisotopic (exact) mass is 316 g/mol. The number of fused-ring (bicyclic) bond motifs is 1. The predicted octanol–water partition coefficient (Wildman–Crippen LogP) is 0.278. The van der Waals surface area contributed by atoms with Gasteiger partial charge in [-0.05, 0) is 27.6 Å². The fraction of sp³-hybridized carbons (Fsp3) is 1.00. The number of alkyl halides is 3. The van der Waals surface area contributed by atoms with E-state index in [1.54, 1.807) is 0 Å². The summed E-state index contributed by atoms with van der Waals surface area (Å²) in [4.78, 5) is 3.89. The van der Waals surface area contributed by atoms with Crippen molar-refractivity contribution in [1.29, 1.82) is 0 Å². The lowest BCUT2D eigenvalue weighted by molar-refractivity contribution is -0.263. The van der Waals surface area contributed by atoms with E-state index in [1.807, 2.05) is 30.9 Å². The van der Waals surface area contributed by atoms with Crippen LogP contribution >= 0.6 is 11.8 Å². The normalized spacial score (nSPS) is 41.0. The van der Waals surface area contributed by atoms with Crippen LogP contribution in [0.4, 0.5) is 13.2 Å². The Morgan fingerprint density at radius 3 is 2.50 bits per heavy atom. The Morgan fingerprint density at radius 2 is 2.00 bits per heavy atom. The molecule has 2 aliphatic heterocycles. The number of nitrogens with zero attached hydrogens (tertiary/aromatic N) is 2. The molecule has 9 heteroatoms. The SMILES string of the molecule is CN(C)C1S[C@H]2O[C@H]([C@@H](O)C(F)(F)F)[C@@H](O)C[C@H]2N1C. The van der Waals surface area contributed by atoms with Crippen LogP contribution in [0.3, 0.4) is 0 Å². The summed E-state index contributed by atoms with van der Waals surface area (Å²) in [5.74, 6) is 0. The van der Waals surface area contributed by atoms with Gasteiger partial charge in [0, 0.05) is 6.04 Å². The summed E-state index contributed by atoms with van der Waals surface area (Å²) < 4.78 is 43.0. The number of thioether (sulfide) groups is 1. The third kappa shape index (κ3) is 2.93. The Morgan fingerprint density at radius 1 is 1.40 bits per heavy atom. The van der Waals surface area contributed by atoms with Crippen molar-refractivity contribution in [2.24, 2.45) is 0 Å². The van der Waals surface area contributed by atoms with E-state index in [9.17, 15) is 23.4 Å². The summed E-state index contributed by atoms with van der Waals surface area (Å²) in [6.45, 7) is 0. The first-order chi connectivity index (χ1) is 9.12. The number of hydrogen-bond acceptors (Lipinski definition) is 6. The summed E-state index contributed by atoms with van der Waals surface area (Å²) in [6.07, 6.45) is -10.3. The molecule has 0 aromatic carbocycles. The molecule has 2 rings (SSSR count). The van der Waals surface area contributed by atoms with Gasteiger partial charge >= 0.3 is 6.18 Å². The lowest BCUT2D eigenvalue weighted by Crippen LogP contribution is -2.56. The molecule has 20 heavy (non-hydrogen) atoms. The number of halogens is 3. The molecule has 0 bridgehead atoms. The van der Waals surface area contributed by atoms with Gasteiger partial charge in [0.1, 0.15) is 17.0 Å². The largest absolute Gasteiger partial charge is 0.417 e. The Labute approximate surface area is 119 Å². The molecule has 0 aliphatic carbocycles. The molecule has 0 radical (unpaired) electrons. The second-order valence-electron chi connectivity index (χ2n) is 5.42. The van der Waals surface area contributed by atoms with E-state index in [0.29, 0.717) is 0 Å². The second kappa shape index (κ2) is 5.62. The Hall–Kier alpha value is -0.0600. The highest BCUT2D eigenvalue weighted by Crippen LogP contribution is 2.43. The van der Waals surface area contributed by atoms with Crippen LogP contribution < -0.4 is 0 Å². The molecule has 0 amide bonds. The maximum Gasteiger partial charge on any atom is 0.417 e. The zero-order valence-electron chi connectivity index (χ0n) is 11.4. The number of ether oxygens (including phenoxy) is 1. The first-order valence-corrected chi connectivity index (χ1v) is 7.19. The third-order valence-electron chi connectivity index (χ3n) is 3.68. The van der Waals surface area contributed by atoms with Crippen LogP contribution in [0.2, 0.25) is 0 Å². The molecule has 6 atom stereocenters. The van der Waals surface area contributed by atoms with Gasteiger partial charge in [0.15, 0.2) is 6.10 Å². The van der Waals surface area contributed by atoms with Crippen LogP contribution in [0.1, 0.15) is 6.42 Å². The molecule has 2 aliphatic rings. The van der Waals surface area contributed by atoms with Crippen molar-refractivity contribution in [3.05, 3.63) is 0 Å². The summed E-state index contributed by atoms with van der Waals surface area (Å²) in [5, 5.41) is 19.2.